The third-order valence-electron chi connectivity index (χ3n) is 3.83. The average Bonchev–Trinajstić information content (AvgIpc) is 2.71. The van der Waals surface area contributed by atoms with Gasteiger partial charge in [0.1, 0.15) is 4.92 Å². The van der Waals surface area contributed by atoms with E-state index in [1.165, 1.54) is 0 Å². The van der Waals surface area contributed by atoms with E-state index >= 15 is 0 Å². The van der Waals surface area contributed by atoms with Crippen molar-refractivity contribution in [1.82, 2.24) is 0 Å². The Morgan fingerprint density at radius 2 is 0.972 bits per heavy atom. The Balaban J connectivity index is 9.07. The number of aliphatic hydroxyl groups is 2. The molecule has 0 unspecified atom stereocenters. The monoisotopic (exact) mass is 540 g/mol. The smallest absolute Gasteiger partial charge is 0.386 e. The molecule has 0 saturated heterocycles. The van der Waals surface area contributed by atoms with Crippen LogP contribution in [0.2, 0.25) is 0 Å². The van der Waals surface area contributed by atoms with Gasteiger partial charge < -0.3 is 10.2 Å². The third kappa shape index (κ3) is 3.89. The van der Waals surface area contributed by atoms with Gasteiger partial charge in [0.05, 0.1) is 19.7 Å². The number of hydrogen-bond donors (Lipinski definition) is 2. The number of rotatable bonds is 15. The Labute approximate surface area is 187 Å². The summed E-state index contributed by atoms with van der Waals surface area (Å²) in [4.78, 5) is 96.6. The minimum absolute atomic E-state index is 2.76. The Morgan fingerprint density at radius 1 is 0.611 bits per heavy atom. The van der Waals surface area contributed by atoms with Crippen LogP contribution in [0, 0.1) is 80.9 Å². The van der Waals surface area contributed by atoms with Crippen molar-refractivity contribution in [2.75, 3.05) is 6.61 Å². The van der Waals surface area contributed by atoms with Crippen LogP contribution < -0.4 is 0 Å². The zero-order valence-corrected chi connectivity index (χ0v) is 15.8. The Morgan fingerprint density at radius 3 is 1.19 bits per heavy atom. The first-order valence-electron chi connectivity index (χ1n) is 7.30. The number of carbonyl (C=O) groups excluding carboxylic acids is 1. The van der Waals surface area contributed by atoms with Crippen LogP contribution in [-0.4, -0.2) is 85.5 Å². The van der Waals surface area contributed by atoms with Gasteiger partial charge in [0.25, 0.3) is 0 Å². The lowest BCUT2D eigenvalue weighted by Gasteiger charge is -2.37. The summed E-state index contributed by atoms with van der Waals surface area (Å²) in [6.07, 6.45) is 0. The predicted octanol–water partition coefficient (Wildman–Crippen LogP) is -4.71. The van der Waals surface area contributed by atoms with Gasteiger partial charge in [0.2, 0.25) is 0 Å². The van der Waals surface area contributed by atoms with Crippen molar-refractivity contribution in [3.8, 4) is 0 Å². The van der Waals surface area contributed by atoms with E-state index in [9.17, 15) is 90.8 Å². The van der Waals surface area contributed by atoms with Gasteiger partial charge >= 0.3 is 44.1 Å². The number of carbonyl (C=O) groups is 1. The maximum Gasteiger partial charge on any atom is 0.592 e. The van der Waals surface area contributed by atoms with E-state index in [0.717, 1.165) is 0 Å². The van der Waals surface area contributed by atoms with Crippen molar-refractivity contribution in [1.29, 1.82) is 0 Å². The SMILES string of the molecule is O=C([N+](=O)[O-])[C@@](O[N+](=O)[O-])([N+](=O)[O-])[C@](O[N+](=O)[O-])([N+](=O)[O-])[C@@](O[N+](=O)[O-])([N+](=O)[O-])[C@](O)(CO)[N+](=O)[O-]. The maximum atomic E-state index is 12.1. The predicted molar refractivity (Wildman–Crippen MR) is 84.4 cm³/mol. The number of aliphatic hydroxyl groups excluding tert-OH is 1. The standard InChI is InChI=1S/C6H4N8O22/c15-1-3(17,8(20)21)5(10(24)25,35-13(30)31)6(11(26)27,36-14(32)33)4(9(22)23,34-12(28)29)2(16)7(18)19/h15,17H,1H2/t3-,4+,5-,6-/m1/s1. The molecule has 0 saturated carbocycles. The quantitative estimate of drug-likeness (QED) is 0.112. The molecule has 0 radical (unpaired) electrons. The molecule has 0 aromatic carbocycles. The van der Waals surface area contributed by atoms with Gasteiger partial charge in [-0.2, -0.15) is 0 Å². The van der Waals surface area contributed by atoms with Crippen LogP contribution in [0.1, 0.15) is 0 Å². The van der Waals surface area contributed by atoms with Crippen LogP contribution in [0.3, 0.4) is 0 Å². The Bertz CT molecular complexity index is 1060. The zero-order chi connectivity index (χ0) is 29.0. The fraction of sp³-hybridized carbons (Fsp3) is 0.833. The topological polar surface area (TPSA) is 430 Å². The van der Waals surface area contributed by atoms with Crippen molar-refractivity contribution < 1.29 is 69.4 Å². The lowest BCUT2D eigenvalue weighted by Crippen LogP contribution is -2.89. The number of nitro groups is 5. The molecule has 1 amide bonds. The highest BCUT2D eigenvalue weighted by Gasteiger charge is 3.07. The fourth-order valence-electron chi connectivity index (χ4n) is 2.56. The molecule has 0 aromatic rings. The molecule has 0 aliphatic heterocycles. The van der Waals surface area contributed by atoms with Gasteiger partial charge in [-0.1, -0.05) is 0 Å². The van der Waals surface area contributed by atoms with Crippen molar-refractivity contribution in [3.05, 3.63) is 80.9 Å². The summed E-state index contributed by atoms with van der Waals surface area (Å²) in [7, 11) is 0. The van der Waals surface area contributed by atoms with Gasteiger partial charge in [0, 0.05) is 0 Å². The molecule has 200 valence electrons. The van der Waals surface area contributed by atoms with E-state index in [1.807, 2.05) is 0 Å². The molecule has 4 atom stereocenters. The highest BCUT2D eigenvalue weighted by atomic mass is 17.0. The molecule has 2 N–H and O–H groups in total. The molecule has 0 bridgehead atoms. The second-order valence-electron chi connectivity index (χ2n) is 5.44. The van der Waals surface area contributed by atoms with E-state index in [4.69, 9.17) is 5.11 Å². The Hall–Kier alpha value is -5.81. The normalized spacial score (nSPS) is 17.3. The number of nitrogens with zero attached hydrogens (tertiary/aromatic N) is 8. The van der Waals surface area contributed by atoms with Crippen LogP contribution in [0.25, 0.3) is 0 Å². The lowest BCUT2D eigenvalue weighted by atomic mass is 9.81. The highest BCUT2D eigenvalue weighted by Crippen LogP contribution is 2.49. The molecular formula is C6H4N8O22. The molecule has 0 spiro atoms. The molecule has 30 nitrogen and oxygen atoms in total. The number of amides is 1. The molecular weight excluding hydrogens is 536 g/mol. The number of hydrogen-bond acceptors (Lipinski definition) is 22. The second kappa shape index (κ2) is 9.59. The summed E-state index contributed by atoms with van der Waals surface area (Å²) >= 11 is 0. The van der Waals surface area contributed by atoms with E-state index in [1.54, 1.807) is 0 Å². The van der Waals surface area contributed by atoms with E-state index < -0.39 is 75.3 Å². The van der Waals surface area contributed by atoms with Crippen LogP contribution in [-0.2, 0) is 19.3 Å². The van der Waals surface area contributed by atoms with Gasteiger partial charge in [-0.3, -0.25) is 50.6 Å². The largest absolute Gasteiger partial charge is 0.592 e. The van der Waals surface area contributed by atoms with E-state index in [0.29, 0.717) is 0 Å². The molecule has 0 fully saturated rings. The van der Waals surface area contributed by atoms with Crippen molar-refractivity contribution in [2.24, 2.45) is 0 Å². The summed E-state index contributed by atoms with van der Waals surface area (Å²) in [6, 6.07) is 0. The first-order valence-corrected chi connectivity index (χ1v) is 7.30. The van der Waals surface area contributed by atoms with Crippen LogP contribution in [0.5, 0.6) is 0 Å². The first kappa shape index (κ1) is 30.2. The molecule has 0 heterocycles. The lowest BCUT2D eigenvalue weighted by molar-refractivity contribution is -0.999. The first-order chi connectivity index (χ1) is 16.2. The molecule has 0 aliphatic carbocycles. The summed E-state index contributed by atoms with van der Waals surface area (Å²) in [5.74, 6) is -4.01. The van der Waals surface area contributed by atoms with E-state index in [-0.39, 0.29) is 0 Å². The molecule has 0 aliphatic rings. The summed E-state index contributed by atoms with van der Waals surface area (Å²) < 4.78 is 0. The maximum absolute atomic E-state index is 12.1. The van der Waals surface area contributed by atoms with Gasteiger partial charge in [0.15, 0.2) is 6.61 Å². The van der Waals surface area contributed by atoms with Crippen LogP contribution >= 0.6 is 0 Å². The molecule has 36 heavy (non-hydrogen) atoms. The van der Waals surface area contributed by atoms with Gasteiger partial charge in [-0.15, -0.1) is 30.3 Å². The van der Waals surface area contributed by atoms with Crippen molar-refractivity contribution >= 4 is 5.91 Å². The fourth-order valence-corrected chi connectivity index (χ4v) is 2.56. The van der Waals surface area contributed by atoms with Crippen molar-refractivity contribution in [2.45, 2.75) is 22.9 Å². The van der Waals surface area contributed by atoms with Gasteiger partial charge in [-0.25, -0.2) is 19.3 Å². The average molecular weight is 540 g/mol. The molecule has 0 rings (SSSR count). The van der Waals surface area contributed by atoms with Gasteiger partial charge in [-0.05, 0) is 0 Å². The van der Waals surface area contributed by atoms with Crippen molar-refractivity contribution in [3.63, 3.8) is 0 Å². The van der Waals surface area contributed by atoms with E-state index in [2.05, 4.69) is 14.5 Å². The minimum Gasteiger partial charge on any atom is -0.386 e. The molecule has 0 aromatic heterocycles. The highest BCUT2D eigenvalue weighted by molar-refractivity contribution is 5.77. The minimum atomic E-state index is -6.62. The zero-order valence-electron chi connectivity index (χ0n) is 15.8. The Kier molecular flexibility index (Phi) is 8.04. The third-order valence-corrected chi connectivity index (χ3v) is 3.83. The summed E-state index contributed by atoms with van der Waals surface area (Å²) in [6.45, 7) is -3.09. The van der Waals surface area contributed by atoms with Crippen LogP contribution in [0.15, 0.2) is 0 Å². The summed E-state index contributed by atoms with van der Waals surface area (Å²) in [5.41, 5.74) is -25.1. The molecule has 30 heteroatoms. The van der Waals surface area contributed by atoms with Crippen LogP contribution in [0.4, 0.5) is 0 Å². The second-order valence-corrected chi connectivity index (χ2v) is 5.44. The summed E-state index contributed by atoms with van der Waals surface area (Å²) in [5, 5.41) is 101.